The van der Waals surface area contributed by atoms with Gasteiger partial charge in [-0.2, -0.15) is 13.2 Å². The van der Waals surface area contributed by atoms with E-state index in [1.807, 2.05) is 0 Å². The summed E-state index contributed by atoms with van der Waals surface area (Å²) >= 11 is 0. The Kier molecular flexibility index (Phi) is 3.39. The highest BCUT2D eigenvalue weighted by atomic mass is 19.4. The molecular formula is C9H14F3NO. The monoisotopic (exact) mass is 209 g/mol. The van der Waals surface area contributed by atoms with Gasteiger partial charge in [-0.15, -0.1) is 0 Å². The van der Waals surface area contributed by atoms with Gasteiger partial charge < -0.3 is 4.90 Å². The van der Waals surface area contributed by atoms with Gasteiger partial charge >= 0.3 is 6.18 Å². The van der Waals surface area contributed by atoms with Crippen LogP contribution in [0.15, 0.2) is 0 Å². The van der Waals surface area contributed by atoms with Crippen LogP contribution < -0.4 is 0 Å². The molecule has 2 nitrogen and oxygen atoms in total. The Hall–Kier alpha value is -0.740. The first kappa shape index (κ1) is 11.3. The molecule has 0 bridgehead atoms. The second-order valence-electron chi connectivity index (χ2n) is 3.57. The zero-order valence-electron chi connectivity index (χ0n) is 8.10. The predicted molar refractivity (Wildman–Crippen MR) is 45.7 cm³/mol. The molecule has 0 radical (unpaired) electrons. The molecule has 0 spiro atoms. The Morgan fingerprint density at radius 2 is 2.14 bits per heavy atom. The molecule has 82 valence electrons. The molecule has 1 unspecified atom stereocenters. The van der Waals surface area contributed by atoms with Gasteiger partial charge in [-0.3, -0.25) is 4.79 Å². The van der Waals surface area contributed by atoms with Crippen molar-refractivity contribution in [2.24, 2.45) is 5.92 Å². The van der Waals surface area contributed by atoms with E-state index in [1.165, 1.54) is 4.90 Å². The van der Waals surface area contributed by atoms with Crippen LogP contribution in [0, 0.1) is 5.92 Å². The largest absolute Gasteiger partial charge is 0.393 e. The van der Waals surface area contributed by atoms with E-state index in [0.717, 1.165) is 0 Å². The Bertz CT molecular complexity index is 215. The van der Waals surface area contributed by atoms with E-state index in [0.29, 0.717) is 13.0 Å². The van der Waals surface area contributed by atoms with Gasteiger partial charge in [0.05, 0.1) is 5.92 Å². The summed E-state index contributed by atoms with van der Waals surface area (Å²) in [7, 11) is 0. The Morgan fingerprint density at radius 3 is 2.64 bits per heavy atom. The van der Waals surface area contributed by atoms with Crippen LogP contribution in [-0.4, -0.2) is 30.1 Å². The number of halogens is 3. The standard InChI is InChI=1S/C9H14F3NO/c1-2-8(14)13-5-3-4-7(6-13)9(10,11)12/h7H,2-6H2,1H3. The normalized spacial score (nSPS) is 23.7. The van der Waals surface area contributed by atoms with E-state index >= 15 is 0 Å². The summed E-state index contributed by atoms with van der Waals surface area (Å²) in [4.78, 5) is 12.5. The third-order valence-corrected chi connectivity index (χ3v) is 2.54. The van der Waals surface area contributed by atoms with Crippen molar-refractivity contribution in [3.8, 4) is 0 Å². The SMILES string of the molecule is CCC(=O)N1CCCC(C(F)(F)F)C1. The fourth-order valence-electron chi connectivity index (χ4n) is 1.69. The van der Waals surface area contributed by atoms with Crippen LogP contribution >= 0.6 is 0 Å². The van der Waals surface area contributed by atoms with Crippen molar-refractivity contribution in [1.29, 1.82) is 0 Å². The van der Waals surface area contributed by atoms with Crippen LogP contribution in [-0.2, 0) is 4.79 Å². The summed E-state index contributed by atoms with van der Waals surface area (Å²) in [6.07, 6.45) is -3.27. The Labute approximate surface area is 81.1 Å². The second-order valence-corrected chi connectivity index (χ2v) is 3.57. The second kappa shape index (κ2) is 4.19. The van der Waals surface area contributed by atoms with Gasteiger partial charge in [0.25, 0.3) is 0 Å². The average molecular weight is 209 g/mol. The van der Waals surface area contributed by atoms with Gasteiger partial charge in [0.1, 0.15) is 0 Å². The van der Waals surface area contributed by atoms with E-state index in [9.17, 15) is 18.0 Å². The number of piperidine rings is 1. The summed E-state index contributed by atoms with van der Waals surface area (Å²) in [5, 5.41) is 0. The first-order valence-electron chi connectivity index (χ1n) is 4.79. The van der Waals surface area contributed by atoms with Gasteiger partial charge in [0.15, 0.2) is 0 Å². The molecule has 1 heterocycles. The van der Waals surface area contributed by atoms with Crippen LogP contribution in [0.25, 0.3) is 0 Å². The first-order chi connectivity index (χ1) is 6.45. The summed E-state index contributed by atoms with van der Waals surface area (Å²) in [6, 6.07) is 0. The van der Waals surface area contributed by atoms with Crippen molar-refractivity contribution in [1.82, 2.24) is 4.90 Å². The zero-order chi connectivity index (χ0) is 10.8. The van der Waals surface area contributed by atoms with Crippen LogP contribution in [0.2, 0.25) is 0 Å². The third-order valence-electron chi connectivity index (χ3n) is 2.54. The molecule has 14 heavy (non-hydrogen) atoms. The number of alkyl halides is 3. The summed E-state index contributed by atoms with van der Waals surface area (Å²) in [5.41, 5.74) is 0. The molecular weight excluding hydrogens is 195 g/mol. The Morgan fingerprint density at radius 1 is 1.50 bits per heavy atom. The summed E-state index contributed by atoms with van der Waals surface area (Å²) < 4.78 is 37.0. The highest BCUT2D eigenvalue weighted by Crippen LogP contribution is 2.33. The Balaban J connectivity index is 2.56. The molecule has 0 N–H and O–H groups in total. The van der Waals surface area contributed by atoms with Crippen molar-refractivity contribution in [2.75, 3.05) is 13.1 Å². The number of hydrogen-bond acceptors (Lipinski definition) is 1. The molecule has 1 fully saturated rings. The van der Waals surface area contributed by atoms with Gasteiger partial charge in [0.2, 0.25) is 5.91 Å². The molecule has 0 aromatic heterocycles. The minimum atomic E-state index is -4.16. The fourth-order valence-corrected chi connectivity index (χ4v) is 1.69. The maximum Gasteiger partial charge on any atom is 0.393 e. The van der Waals surface area contributed by atoms with Crippen molar-refractivity contribution >= 4 is 5.91 Å². The van der Waals surface area contributed by atoms with Crippen molar-refractivity contribution in [2.45, 2.75) is 32.4 Å². The molecule has 0 saturated carbocycles. The van der Waals surface area contributed by atoms with Gasteiger partial charge in [-0.1, -0.05) is 6.92 Å². The molecule has 1 aliphatic heterocycles. The summed E-state index contributed by atoms with van der Waals surface area (Å²) in [6.45, 7) is 1.98. The third kappa shape index (κ3) is 2.62. The number of hydrogen-bond donors (Lipinski definition) is 0. The van der Waals surface area contributed by atoms with Crippen molar-refractivity contribution in [3.05, 3.63) is 0 Å². The van der Waals surface area contributed by atoms with Gasteiger partial charge in [-0.25, -0.2) is 0 Å². The highest BCUT2D eigenvalue weighted by molar-refractivity contribution is 5.75. The van der Waals surface area contributed by atoms with E-state index in [1.54, 1.807) is 6.92 Å². The molecule has 1 amide bonds. The number of rotatable bonds is 1. The van der Waals surface area contributed by atoms with Crippen LogP contribution in [0.1, 0.15) is 26.2 Å². The van der Waals surface area contributed by atoms with Gasteiger partial charge in [0, 0.05) is 19.5 Å². The molecule has 0 aromatic carbocycles. The van der Waals surface area contributed by atoms with Gasteiger partial charge in [-0.05, 0) is 12.8 Å². The lowest BCUT2D eigenvalue weighted by Crippen LogP contribution is -2.44. The number of carbonyl (C=O) groups is 1. The maximum absolute atomic E-state index is 12.3. The predicted octanol–water partition coefficient (Wildman–Crippen LogP) is 2.20. The minimum absolute atomic E-state index is 0.150. The lowest BCUT2D eigenvalue weighted by molar-refractivity contribution is -0.188. The fraction of sp³-hybridized carbons (Fsp3) is 0.889. The minimum Gasteiger partial charge on any atom is -0.342 e. The molecule has 1 atom stereocenters. The first-order valence-corrected chi connectivity index (χ1v) is 4.79. The lowest BCUT2D eigenvalue weighted by atomic mass is 9.97. The molecule has 0 aliphatic carbocycles. The van der Waals surface area contributed by atoms with Crippen LogP contribution in [0.3, 0.4) is 0 Å². The van der Waals surface area contributed by atoms with E-state index in [-0.39, 0.29) is 25.3 Å². The highest BCUT2D eigenvalue weighted by Gasteiger charge is 2.42. The molecule has 1 rings (SSSR count). The van der Waals surface area contributed by atoms with Crippen LogP contribution in [0.4, 0.5) is 13.2 Å². The van der Waals surface area contributed by atoms with E-state index in [2.05, 4.69) is 0 Å². The van der Waals surface area contributed by atoms with Crippen LogP contribution in [0.5, 0.6) is 0 Å². The molecule has 0 aromatic rings. The van der Waals surface area contributed by atoms with E-state index in [4.69, 9.17) is 0 Å². The summed E-state index contributed by atoms with van der Waals surface area (Å²) in [5.74, 6) is -1.51. The zero-order valence-corrected chi connectivity index (χ0v) is 8.10. The van der Waals surface area contributed by atoms with Crippen molar-refractivity contribution in [3.63, 3.8) is 0 Å². The molecule has 1 saturated heterocycles. The number of likely N-dealkylation sites (tertiary alicyclic amines) is 1. The maximum atomic E-state index is 12.3. The average Bonchev–Trinajstić information content (AvgIpc) is 2.15. The quantitative estimate of drug-likeness (QED) is 0.648. The lowest BCUT2D eigenvalue weighted by Gasteiger charge is -2.33. The smallest absolute Gasteiger partial charge is 0.342 e. The van der Waals surface area contributed by atoms with Crippen molar-refractivity contribution < 1.29 is 18.0 Å². The van der Waals surface area contributed by atoms with E-state index < -0.39 is 12.1 Å². The molecule has 5 heteroatoms. The topological polar surface area (TPSA) is 20.3 Å². The number of carbonyl (C=O) groups excluding carboxylic acids is 1. The number of amides is 1. The number of nitrogens with zero attached hydrogens (tertiary/aromatic N) is 1. The molecule has 1 aliphatic rings.